The van der Waals surface area contributed by atoms with Crippen LogP contribution in [-0.2, 0) is 6.61 Å². The van der Waals surface area contributed by atoms with E-state index in [0.29, 0.717) is 5.92 Å². The van der Waals surface area contributed by atoms with Gasteiger partial charge in [-0.3, -0.25) is 0 Å². The van der Waals surface area contributed by atoms with E-state index in [9.17, 15) is 5.11 Å². The average molecular weight is 284 g/mol. The Labute approximate surface area is 121 Å². The molecule has 0 fully saturated rings. The van der Waals surface area contributed by atoms with Gasteiger partial charge in [0.2, 0.25) is 0 Å². The van der Waals surface area contributed by atoms with Crippen LogP contribution in [-0.4, -0.2) is 23.2 Å². The second kappa shape index (κ2) is 8.54. The molecule has 4 heteroatoms. The molecule has 0 radical (unpaired) electrons. The molecule has 0 unspecified atom stereocenters. The van der Waals surface area contributed by atoms with Crippen molar-refractivity contribution in [3.05, 3.63) is 10.6 Å². The molecule has 0 aliphatic rings. The summed E-state index contributed by atoms with van der Waals surface area (Å²) in [7, 11) is 0. The van der Waals surface area contributed by atoms with Crippen molar-refractivity contribution in [2.45, 2.75) is 65.9 Å². The first-order valence-corrected chi connectivity index (χ1v) is 8.31. The third-order valence-corrected chi connectivity index (χ3v) is 4.36. The maximum Gasteiger partial charge on any atom is 0.185 e. The summed E-state index contributed by atoms with van der Waals surface area (Å²) in [5.41, 5.74) is 1.07. The quantitative estimate of drug-likeness (QED) is 0.739. The minimum Gasteiger partial charge on any atom is -0.391 e. The van der Waals surface area contributed by atoms with E-state index in [4.69, 9.17) is 4.98 Å². The lowest BCUT2D eigenvalue weighted by atomic mass is 10.1. The van der Waals surface area contributed by atoms with Gasteiger partial charge in [-0.15, -0.1) is 0 Å². The normalized spacial score (nSPS) is 11.3. The summed E-state index contributed by atoms with van der Waals surface area (Å²) in [5, 5.41) is 10.6. The van der Waals surface area contributed by atoms with Gasteiger partial charge < -0.3 is 10.0 Å². The van der Waals surface area contributed by atoms with Crippen LogP contribution in [0.3, 0.4) is 0 Å². The van der Waals surface area contributed by atoms with Crippen LogP contribution in [0, 0.1) is 0 Å². The summed E-state index contributed by atoms with van der Waals surface area (Å²) < 4.78 is 0. The smallest absolute Gasteiger partial charge is 0.185 e. The molecule has 0 spiro atoms. The van der Waals surface area contributed by atoms with E-state index in [2.05, 4.69) is 32.6 Å². The fourth-order valence-corrected chi connectivity index (χ4v) is 3.18. The highest BCUT2D eigenvalue weighted by atomic mass is 32.1. The zero-order chi connectivity index (χ0) is 14.3. The lowest BCUT2D eigenvalue weighted by Gasteiger charge is -2.21. The molecule has 1 aromatic heterocycles. The van der Waals surface area contributed by atoms with Crippen LogP contribution in [0.1, 0.15) is 69.9 Å². The Bertz CT molecular complexity index is 355. The van der Waals surface area contributed by atoms with Crippen LogP contribution in [0.4, 0.5) is 5.13 Å². The van der Waals surface area contributed by atoms with Gasteiger partial charge in [0.25, 0.3) is 0 Å². The van der Waals surface area contributed by atoms with Gasteiger partial charge in [0.15, 0.2) is 5.13 Å². The highest BCUT2D eigenvalue weighted by Crippen LogP contribution is 2.31. The number of rotatable bonds is 9. The van der Waals surface area contributed by atoms with E-state index in [-0.39, 0.29) is 6.61 Å². The molecule has 3 nitrogen and oxygen atoms in total. The first-order chi connectivity index (χ1) is 9.13. The highest BCUT2D eigenvalue weighted by Gasteiger charge is 2.17. The number of hydrogen-bond acceptors (Lipinski definition) is 4. The minimum absolute atomic E-state index is 0.112. The Morgan fingerprint density at radius 1 is 1.16 bits per heavy atom. The van der Waals surface area contributed by atoms with Gasteiger partial charge in [-0.05, 0) is 18.8 Å². The summed E-state index contributed by atoms with van der Waals surface area (Å²) in [6.45, 7) is 11.0. The Balaban J connectivity index is 2.87. The van der Waals surface area contributed by atoms with Crippen molar-refractivity contribution in [1.29, 1.82) is 0 Å². The van der Waals surface area contributed by atoms with E-state index in [1.165, 1.54) is 25.7 Å². The highest BCUT2D eigenvalue weighted by molar-refractivity contribution is 7.15. The second-order valence-electron chi connectivity index (χ2n) is 5.31. The SMILES string of the molecule is CCCCN(CCCC)c1nc(C(C)C)c(CO)s1. The van der Waals surface area contributed by atoms with Gasteiger partial charge in [-0.25, -0.2) is 4.98 Å². The number of aliphatic hydroxyl groups is 1. The molecule has 0 aliphatic heterocycles. The monoisotopic (exact) mass is 284 g/mol. The van der Waals surface area contributed by atoms with Crippen molar-refractivity contribution in [1.82, 2.24) is 4.98 Å². The summed E-state index contributed by atoms with van der Waals surface area (Å²) in [6.07, 6.45) is 4.82. The number of hydrogen-bond donors (Lipinski definition) is 1. The third kappa shape index (κ3) is 4.77. The lowest BCUT2D eigenvalue weighted by Crippen LogP contribution is -2.25. The maximum absolute atomic E-state index is 9.47. The van der Waals surface area contributed by atoms with Crippen molar-refractivity contribution in [2.24, 2.45) is 0 Å². The van der Waals surface area contributed by atoms with Gasteiger partial charge in [0.1, 0.15) is 0 Å². The topological polar surface area (TPSA) is 36.4 Å². The predicted octanol–water partition coefficient (Wildman–Crippen LogP) is 4.17. The van der Waals surface area contributed by atoms with Gasteiger partial charge >= 0.3 is 0 Å². The standard InChI is InChI=1S/C15H28N2OS/c1-5-7-9-17(10-8-6-2)15-16-14(12(3)4)13(11-18)19-15/h12,18H,5-11H2,1-4H3. The first kappa shape index (κ1) is 16.4. The number of anilines is 1. The molecule has 1 N–H and O–H groups in total. The predicted molar refractivity (Wildman–Crippen MR) is 84.2 cm³/mol. The zero-order valence-electron chi connectivity index (χ0n) is 12.8. The summed E-state index contributed by atoms with van der Waals surface area (Å²) in [5.74, 6) is 0.381. The summed E-state index contributed by atoms with van der Waals surface area (Å²) >= 11 is 1.66. The number of unbranched alkanes of at least 4 members (excludes halogenated alkanes) is 2. The number of thiazole rings is 1. The molecular weight excluding hydrogens is 256 g/mol. The zero-order valence-corrected chi connectivity index (χ0v) is 13.6. The van der Waals surface area contributed by atoms with Crippen molar-refractivity contribution in [3.63, 3.8) is 0 Å². The van der Waals surface area contributed by atoms with Gasteiger partial charge in [-0.2, -0.15) is 0 Å². The van der Waals surface area contributed by atoms with Gasteiger partial charge in [0, 0.05) is 13.1 Å². The van der Waals surface area contributed by atoms with Crippen LogP contribution in [0.25, 0.3) is 0 Å². The molecule has 0 saturated heterocycles. The molecule has 0 bridgehead atoms. The first-order valence-electron chi connectivity index (χ1n) is 7.49. The van der Waals surface area contributed by atoms with E-state index in [0.717, 1.165) is 28.8 Å². The van der Waals surface area contributed by atoms with Crippen molar-refractivity contribution >= 4 is 16.5 Å². The largest absolute Gasteiger partial charge is 0.391 e. The number of aromatic nitrogens is 1. The van der Waals surface area contributed by atoms with Crippen molar-refractivity contribution in [3.8, 4) is 0 Å². The molecule has 1 aromatic rings. The van der Waals surface area contributed by atoms with Crippen LogP contribution in [0.2, 0.25) is 0 Å². The molecule has 110 valence electrons. The summed E-state index contributed by atoms with van der Waals surface area (Å²) in [4.78, 5) is 8.19. The van der Waals surface area contributed by atoms with E-state index < -0.39 is 0 Å². The average Bonchev–Trinajstić information content (AvgIpc) is 2.83. The van der Waals surface area contributed by atoms with Crippen molar-refractivity contribution < 1.29 is 5.11 Å². The molecule has 1 heterocycles. The molecule has 19 heavy (non-hydrogen) atoms. The molecule has 0 atom stereocenters. The van der Waals surface area contributed by atoms with Crippen LogP contribution in [0.15, 0.2) is 0 Å². The molecular formula is C15H28N2OS. The molecule has 0 aromatic carbocycles. The van der Waals surface area contributed by atoms with Crippen LogP contribution >= 0.6 is 11.3 Å². The lowest BCUT2D eigenvalue weighted by molar-refractivity contribution is 0.283. The molecule has 0 saturated carbocycles. The van der Waals surface area contributed by atoms with E-state index >= 15 is 0 Å². The van der Waals surface area contributed by atoms with E-state index in [1.54, 1.807) is 11.3 Å². The molecule has 0 aliphatic carbocycles. The fraction of sp³-hybridized carbons (Fsp3) is 0.800. The summed E-state index contributed by atoms with van der Waals surface area (Å²) in [6, 6.07) is 0. The fourth-order valence-electron chi connectivity index (χ4n) is 2.05. The minimum atomic E-state index is 0.112. The Kier molecular flexibility index (Phi) is 7.39. The number of nitrogens with zero attached hydrogens (tertiary/aromatic N) is 2. The van der Waals surface area contributed by atoms with Crippen molar-refractivity contribution in [2.75, 3.05) is 18.0 Å². The Hall–Kier alpha value is -0.610. The molecule has 1 rings (SSSR count). The third-order valence-electron chi connectivity index (χ3n) is 3.24. The van der Waals surface area contributed by atoms with Crippen LogP contribution in [0.5, 0.6) is 0 Å². The maximum atomic E-state index is 9.47. The van der Waals surface area contributed by atoms with Gasteiger partial charge in [0.05, 0.1) is 17.2 Å². The second-order valence-corrected chi connectivity index (χ2v) is 6.37. The van der Waals surface area contributed by atoms with E-state index in [1.807, 2.05) is 0 Å². The van der Waals surface area contributed by atoms with Gasteiger partial charge in [-0.1, -0.05) is 51.9 Å². The van der Waals surface area contributed by atoms with Crippen LogP contribution < -0.4 is 4.90 Å². The number of aliphatic hydroxyl groups excluding tert-OH is 1. The Morgan fingerprint density at radius 2 is 1.74 bits per heavy atom. The Morgan fingerprint density at radius 3 is 2.11 bits per heavy atom. The molecule has 0 amide bonds.